The SMILES string of the molecule is Clc1cc2nc(-c3ccccn3)c(-c3ccccn3)nc2cc1Cl. The monoisotopic (exact) mass is 352 g/mol. The molecular weight excluding hydrogens is 343 g/mol. The molecule has 0 bridgehead atoms. The summed E-state index contributed by atoms with van der Waals surface area (Å²) < 4.78 is 0. The molecule has 4 nitrogen and oxygen atoms in total. The summed E-state index contributed by atoms with van der Waals surface area (Å²) in [6.45, 7) is 0. The Morgan fingerprint density at radius 2 is 1.08 bits per heavy atom. The van der Waals surface area contributed by atoms with E-state index in [9.17, 15) is 0 Å². The maximum absolute atomic E-state index is 6.12. The van der Waals surface area contributed by atoms with Crippen molar-refractivity contribution in [3.8, 4) is 22.8 Å². The molecule has 0 aliphatic carbocycles. The summed E-state index contributed by atoms with van der Waals surface area (Å²) in [4.78, 5) is 18.2. The Morgan fingerprint density at radius 3 is 1.46 bits per heavy atom. The molecule has 4 aromatic rings. The summed E-state index contributed by atoms with van der Waals surface area (Å²) in [7, 11) is 0. The van der Waals surface area contributed by atoms with Crippen LogP contribution < -0.4 is 0 Å². The van der Waals surface area contributed by atoms with Gasteiger partial charge in [-0.3, -0.25) is 9.97 Å². The van der Waals surface area contributed by atoms with Gasteiger partial charge in [0.2, 0.25) is 0 Å². The van der Waals surface area contributed by atoms with Crippen molar-refractivity contribution >= 4 is 34.2 Å². The predicted octanol–water partition coefficient (Wildman–Crippen LogP) is 5.06. The highest BCUT2D eigenvalue weighted by molar-refractivity contribution is 6.42. The number of nitrogens with zero attached hydrogens (tertiary/aromatic N) is 4. The second-order valence-corrected chi connectivity index (χ2v) is 5.92. The third-order valence-electron chi connectivity index (χ3n) is 3.52. The summed E-state index contributed by atoms with van der Waals surface area (Å²) in [5.74, 6) is 0. The summed E-state index contributed by atoms with van der Waals surface area (Å²) in [5, 5.41) is 0.882. The molecule has 0 saturated carbocycles. The molecule has 24 heavy (non-hydrogen) atoms. The van der Waals surface area contributed by atoms with Crippen molar-refractivity contribution < 1.29 is 0 Å². The molecule has 0 atom stereocenters. The van der Waals surface area contributed by atoms with Crippen LogP contribution in [0.3, 0.4) is 0 Å². The average molecular weight is 353 g/mol. The Morgan fingerprint density at radius 1 is 0.625 bits per heavy atom. The molecule has 3 aromatic heterocycles. The minimum atomic E-state index is 0.441. The number of pyridine rings is 2. The van der Waals surface area contributed by atoms with Gasteiger partial charge in [-0.05, 0) is 36.4 Å². The number of fused-ring (bicyclic) bond motifs is 1. The van der Waals surface area contributed by atoms with Crippen LogP contribution in [-0.2, 0) is 0 Å². The van der Waals surface area contributed by atoms with Crippen molar-refractivity contribution in [1.29, 1.82) is 0 Å². The summed E-state index contributed by atoms with van der Waals surface area (Å²) in [6, 6.07) is 14.7. The van der Waals surface area contributed by atoms with Crippen LogP contribution >= 0.6 is 23.2 Å². The van der Waals surface area contributed by atoms with Crippen molar-refractivity contribution in [3.05, 3.63) is 71.0 Å². The van der Waals surface area contributed by atoms with Gasteiger partial charge in [-0.1, -0.05) is 35.3 Å². The van der Waals surface area contributed by atoms with Crippen LogP contribution in [-0.4, -0.2) is 19.9 Å². The molecule has 0 unspecified atom stereocenters. The zero-order valence-electron chi connectivity index (χ0n) is 12.3. The van der Waals surface area contributed by atoms with Crippen LogP contribution in [0.1, 0.15) is 0 Å². The molecule has 4 rings (SSSR count). The molecule has 0 fully saturated rings. The molecular formula is C18H10Cl2N4. The van der Waals surface area contributed by atoms with Crippen molar-refractivity contribution in [1.82, 2.24) is 19.9 Å². The molecule has 0 N–H and O–H groups in total. The van der Waals surface area contributed by atoms with E-state index in [1.165, 1.54) is 0 Å². The highest BCUT2D eigenvalue weighted by Crippen LogP contribution is 2.32. The molecule has 0 aliphatic rings. The standard InChI is InChI=1S/C18H10Cl2N4/c19-11-9-15-16(10-12(11)20)24-18(14-6-2-4-8-22-14)17(23-15)13-5-1-3-7-21-13/h1-10H. The topological polar surface area (TPSA) is 51.6 Å². The van der Waals surface area contributed by atoms with E-state index in [1.807, 2.05) is 36.4 Å². The number of aromatic nitrogens is 4. The maximum Gasteiger partial charge on any atom is 0.117 e. The van der Waals surface area contributed by atoms with Crippen LogP contribution in [0.4, 0.5) is 0 Å². The predicted molar refractivity (Wildman–Crippen MR) is 96.0 cm³/mol. The second kappa shape index (κ2) is 6.15. The number of hydrogen-bond acceptors (Lipinski definition) is 4. The Kier molecular flexibility index (Phi) is 3.84. The quantitative estimate of drug-likeness (QED) is 0.505. The van der Waals surface area contributed by atoms with Gasteiger partial charge in [0.05, 0.1) is 32.5 Å². The lowest BCUT2D eigenvalue weighted by Gasteiger charge is -2.10. The van der Waals surface area contributed by atoms with E-state index in [0.29, 0.717) is 32.5 Å². The molecule has 0 spiro atoms. The molecule has 6 heteroatoms. The van der Waals surface area contributed by atoms with Gasteiger partial charge in [0, 0.05) is 12.4 Å². The first-order chi connectivity index (χ1) is 11.7. The fourth-order valence-corrected chi connectivity index (χ4v) is 2.73. The molecule has 0 amide bonds. The smallest absolute Gasteiger partial charge is 0.117 e. The van der Waals surface area contributed by atoms with Crippen LogP contribution in [0.25, 0.3) is 33.8 Å². The Balaban J connectivity index is 2.06. The minimum absolute atomic E-state index is 0.441. The maximum atomic E-state index is 6.12. The zero-order chi connectivity index (χ0) is 16.5. The van der Waals surface area contributed by atoms with Gasteiger partial charge < -0.3 is 0 Å². The lowest BCUT2D eigenvalue weighted by molar-refractivity contribution is 1.21. The van der Waals surface area contributed by atoms with Gasteiger partial charge in [0.25, 0.3) is 0 Å². The number of rotatable bonds is 2. The fraction of sp³-hybridized carbons (Fsp3) is 0. The van der Waals surface area contributed by atoms with E-state index >= 15 is 0 Å². The van der Waals surface area contributed by atoms with Crippen molar-refractivity contribution in [2.24, 2.45) is 0 Å². The van der Waals surface area contributed by atoms with E-state index in [1.54, 1.807) is 24.5 Å². The zero-order valence-corrected chi connectivity index (χ0v) is 13.8. The molecule has 116 valence electrons. The first-order valence-electron chi connectivity index (χ1n) is 7.22. The van der Waals surface area contributed by atoms with Gasteiger partial charge in [0.1, 0.15) is 11.4 Å². The van der Waals surface area contributed by atoms with Crippen molar-refractivity contribution in [2.75, 3.05) is 0 Å². The minimum Gasteiger partial charge on any atom is -0.255 e. The second-order valence-electron chi connectivity index (χ2n) is 5.11. The summed E-state index contributed by atoms with van der Waals surface area (Å²) in [5.41, 5.74) is 4.06. The first kappa shape index (κ1) is 15.0. The largest absolute Gasteiger partial charge is 0.255 e. The van der Waals surface area contributed by atoms with E-state index in [4.69, 9.17) is 33.2 Å². The number of hydrogen-bond donors (Lipinski definition) is 0. The van der Waals surface area contributed by atoms with E-state index in [-0.39, 0.29) is 0 Å². The molecule has 3 heterocycles. The average Bonchev–Trinajstić information content (AvgIpc) is 2.63. The molecule has 1 aromatic carbocycles. The summed E-state index contributed by atoms with van der Waals surface area (Å²) in [6.07, 6.45) is 3.44. The lowest BCUT2D eigenvalue weighted by Crippen LogP contribution is -1.98. The lowest BCUT2D eigenvalue weighted by atomic mass is 10.1. The Bertz CT molecular complexity index is 937. The fourth-order valence-electron chi connectivity index (χ4n) is 2.41. The highest BCUT2D eigenvalue weighted by Gasteiger charge is 2.15. The number of halogens is 2. The van der Waals surface area contributed by atoms with Crippen molar-refractivity contribution in [2.45, 2.75) is 0 Å². The third kappa shape index (κ3) is 2.70. The van der Waals surface area contributed by atoms with Crippen LogP contribution in [0, 0.1) is 0 Å². The molecule has 0 saturated heterocycles. The summed E-state index contributed by atoms with van der Waals surface area (Å²) >= 11 is 12.2. The first-order valence-corrected chi connectivity index (χ1v) is 7.97. The highest BCUT2D eigenvalue weighted by atomic mass is 35.5. The molecule has 0 aliphatic heterocycles. The van der Waals surface area contributed by atoms with Gasteiger partial charge >= 0.3 is 0 Å². The Labute approximate surface area is 148 Å². The van der Waals surface area contributed by atoms with E-state index in [0.717, 1.165) is 11.4 Å². The Hall–Kier alpha value is -2.56. The van der Waals surface area contributed by atoms with Gasteiger partial charge in [0.15, 0.2) is 0 Å². The third-order valence-corrected chi connectivity index (χ3v) is 4.24. The normalized spacial score (nSPS) is 10.9. The number of benzene rings is 1. The van der Waals surface area contributed by atoms with E-state index in [2.05, 4.69) is 9.97 Å². The van der Waals surface area contributed by atoms with Crippen LogP contribution in [0.15, 0.2) is 60.9 Å². The molecule has 0 radical (unpaired) electrons. The van der Waals surface area contributed by atoms with Crippen LogP contribution in [0.2, 0.25) is 10.0 Å². The van der Waals surface area contributed by atoms with E-state index < -0.39 is 0 Å². The van der Waals surface area contributed by atoms with Gasteiger partial charge in [-0.25, -0.2) is 9.97 Å². The van der Waals surface area contributed by atoms with Crippen molar-refractivity contribution in [3.63, 3.8) is 0 Å². The van der Waals surface area contributed by atoms with Gasteiger partial charge in [-0.15, -0.1) is 0 Å². The van der Waals surface area contributed by atoms with Crippen LogP contribution in [0.5, 0.6) is 0 Å². The van der Waals surface area contributed by atoms with Gasteiger partial charge in [-0.2, -0.15) is 0 Å².